The normalized spacial score (nSPS) is 25.8. The fourth-order valence-corrected chi connectivity index (χ4v) is 2.51. The van der Waals surface area contributed by atoms with Gasteiger partial charge in [0.1, 0.15) is 6.33 Å². The zero-order valence-electron chi connectivity index (χ0n) is 11.5. The summed E-state index contributed by atoms with van der Waals surface area (Å²) in [5.74, 6) is 0. The SMILES string of the molecule is CC1CN(Cn2ncn(C(C)C)c2=S)C(C)CO1. The van der Waals surface area contributed by atoms with Crippen molar-refractivity contribution in [3.63, 3.8) is 0 Å². The molecule has 1 saturated heterocycles. The smallest absolute Gasteiger partial charge is 0.199 e. The van der Waals surface area contributed by atoms with Gasteiger partial charge >= 0.3 is 0 Å². The van der Waals surface area contributed by atoms with Gasteiger partial charge in [0.2, 0.25) is 0 Å². The van der Waals surface area contributed by atoms with Gasteiger partial charge in [0, 0.05) is 18.6 Å². The molecule has 102 valence electrons. The van der Waals surface area contributed by atoms with Crippen molar-refractivity contribution in [1.29, 1.82) is 0 Å². The van der Waals surface area contributed by atoms with Crippen molar-refractivity contribution in [3.8, 4) is 0 Å². The Morgan fingerprint density at radius 1 is 1.50 bits per heavy atom. The lowest BCUT2D eigenvalue weighted by Gasteiger charge is -2.36. The molecule has 0 spiro atoms. The molecule has 2 atom stereocenters. The standard InChI is InChI=1S/C12H22N4OS/c1-9(2)15-7-13-16(12(15)18)8-14-5-11(4)17-6-10(14)3/h7,9-11H,5-6,8H2,1-4H3. The van der Waals surface area contributed by atoms with E-state index in [1.165, 1.54) is 0 Å². The number of aromatic nitrogens is 3. The lowest BCUT2D eigenvalue weighted by atomic mass is 10.2. The highest BCUT2D eigenvalue weighted by molar-refractivity contribution is 7.71. The summed E-state index contributed by atoms with van der Waals surface area (Å²) in [5.41, 5.74) is 0. The van der Waals surface area contributed by atoms with Gasteiger partial charge < -0.3 is 9.30 Å². The number of nitrogens with zero attached hydrogens (tertiary/aromatic N) is 4. The third kappa shape index (κ3) is 2.81. The van der Waals surface area contributed by atoms with Crippen molar-refractivity contribution in [1.82, 2.24) is 19.2 Å². The highest BCUT2D eigenvalue weighted by Gasteiger charge is 2.24. The van der Waals surface area contributed by atoms with Crippen molar-refractivity contribution < 1.29 is 4.74 Å². The second-order valence-electron chi connectivity index (χ2n) is 5.32. The minimum absolute atomic E-state index is 0.280. The van der Waals surface area contributed by atoms with Gasteiger partial charge in [-0.05, 0) is 39.9 Å². The van der Waals surface area contributed by atoms with E-state index in [1.54, 1.807) is 0 Å². The maximum Gasteiger partial charge on any atom is 0.199 e. The fraction of sp³-hybridized carbons (Fsp3) is 0.833. The van der Waals surface area contributed by atoms with Gasteiger partial charge in [-0.3, -0.25) is 4.90 Å². The summed E-state index contributed by atoms with van der Waals surface area (Å²) < 4.78 is 10.3. The van der Waals surface area contributed by atoms with Crippen LogP contribution < -0.4 is 0 Å². The monoisotopic (exact) mass is 270 g/mol. The summed E-state index contributed by atoms with van der Waals surface area (Å²) in [5, 5.41) is 4.38. The molecule has 0 bridgehead atoms. The molecule has 6 heteroatoms. The molecule has 0 aromatic carbocycles. The van der Waals surface area contributed by atoms with Crippen LogP contribution in [0.2, 0.25) is 0 Å². The number of ether oxygens (including phenoxy) is 1. The molecule has 1 aromatic heterocycles. The van der Waals surface area contributed by atoms with Crippen LogP contribution in [0.3, 0.4) is 0 Å². The molecule has 2 unspecified atom stereocenters. The summed E-state index contributed by atoms with van der Waals surface area (Å²) in [7, 11) is 0. The van der Waals surface area contributed by atoms with E-state index in [2.05, 4.69) is 37.7 Å². The topological polar surface area (TPSA) is 35.2 Å². The van der Waals surface area contributed by atoms with Gasteiger partial charge in [-0.25, -0.2) is 4.68 Å². The summed E-state index contributed by atoms with van der Waals surface area (Å²) >= 11 is 5.44. The van der Waals surface area contributed by atoms with Crippen molar-refractivity contribution in [2.75, 3.05) is 13.2 Å². The molecule has 0 radical (unpaired) electrons. The quantitative estimate of drug-likeness (QED) is 0.788. The highest BCUT2D eigenvalue weighted by atomic mass is 32.1. The Bertz CT molecular complexity index is 453. The molecule has 1 aliphatic heterocycles. The highest BCUT2D eigenvalue weighted by Crippen LogP contribution is 2.13. The third-order valence-corrected chi connectivity index (χ3v) is 3.79. The maximum absolute atomic E-state index is 5.63. The van der Waals surface area contributed by atoms with Crippen molar-refractivity contribution >= 4 is 12.2 Å². The molecule has 1 aliphatic rings. The van der Waals surface area contributed by atoms with E-state index in [0.717, 1.165) is 24.6 Å². The van der Waals surface area contributed by atoms with Gasteiger partial charge in [0.05, 0.1) is 19.4 Å². The summed E-state index contributed by atoms with van der Waals surface area (Å²) in [6.45, 7) is 11.0. The predicted octanol–water partition coefficient (Wildman–Crippen LogP) is 2.06. The van der Waals surface area contributed by atoms with E-state index in [1.807, 2.05) is 15.6 Å². The molecule has 2 rings (SSSR count). The molecule has 0 saturated carbocycles. The molecule has 1 fully saturated rings. The Labute approximate surface area is 113 Å². The number of morpholine rings is 1. The Hall–Kier alpha value is -0.720. The van der Waals surface area contributed by atoms with E-state index >= 15 is 0 Å². The van der Waals surface area contributed by atoms with E-state index in [-0.39, 0.29) is 6.10 Å². The first kappa shape index (κ1) is 13.7. The molecular formula is C12H22N4OS. The van der Waals surface area contributed by atoms with Crippen LogP contribution in [-0.2, 0) is 11.4 Å². The lowest BCUT2D eigenvalue weighted by Crippen LogP contribution is -2.47. The van der Waals surface area contributed by atoms with Gasteiger partial charge in [-0.15, -0.1) is 0 Å². The van der Waals surface area contributed by atoms with Crippen LogP contribution in [0.4, 0.5) is 0 Å². The first-order valence-electron chi connectivity index (χ1n) is 6.48. The molecule has 0 amide bonds. The van der Waals surface area contributed by atoms with Gasteiger partial charge in [-0.1, -0.05) is 0 Å². The minimum Gasteiger partial charge on any atom is -0.376 e. The Morgan fingerprint density at radius 2 is 2.22 bits per heavy atom. The minimum atomic E-state index is 0.280. The lowest BCUT2D eigenvalue weighted by molar-refractivity contribution is -0.0625. The summed E-state index contributed by atoms with van der Waals surface area (Å²) in [4.78, 5) is 2.36. The van der Waals surface area contributed by atoms with E-state index < -0.39 is 0 Å². The molecule has 1 aromatic rings. The van der Waals surface area contributed by atoms with Crippen LogP contribution in [0.5, 0.6) is 0 Å². The van der Waals surface area contributed by atoms with Crippen LogP contribution in [-0.4, -0.2) is 44.5 Å². The summed E-state index contributed by atoms with van der Waals surface area (Å²) in [6.07, 6.45) is 2.10. The largest absolute Gasteiger partial charge is 0.376 e. The molecule has 18 heavy (non-hydrogen) atoms. The summed E-state index contributed by atoms with van der Waals surface area (Å²) in [6, 6.07) is 0.764. The van der Waals surface area contributed by atoms with Crippen LogP contribution in [0.25, 0.3) is 0 Å². The molecule has 5 nitrogen and oxygen atoms in total. The maximum atomic E-state index is 5.63. The molecule has 2 heterocycles. The Balaban J connectivity index is 2.11. The Kier molecular flexibility index (Phi) is 4.19. The second kappa shape index (κ2) is 5.50. The van der Waals surface area contributed by atoms with Gasteiger partial charge in [-0.2, -0.15) is 5.10 Å². The first-order chi connectivity index (χ1) is 8.49. The van der Waals surface area contributed by atoms with Crippen molar-refractivity contribution in [3.05, 3.63) is 11.1 Å². The zero-order chi connectivity index (χ0) is 13.3. The third-order valence-electron chi connectivity index (χ3n) is 3.37. The van der Waals surface area contributed by atoms with E-state index in [4.69, 9.17) is 17.0 Å². The second-order valence-corrected chi connectivity index (χ2v) is 5.68. The zero-order valence-corrected chi connectivity index (χ0v) is 12.4. The molecule has 0 aliphatic carbocycles. The van der Waals surface area contributed by atoms with Gasteiger partial charge in [0.15, 0.2) is 4.77 Å². The van der Waals surface area contributed by atoms with E-state index in [9.17, 15) is 0 Å². The Morgan fingerprint density at radius 3 is 2.83 bits per heavy atom. The first-order valence-corrected chi connectivity index (χ1v) is 6.89. The van der Waals surface area contributed by atoms with E-state index in [0.29, 0.717) is 12.1 Å². The molecular weight excluding hydrogens is 248 g/mol. The van der Waals surface area contributed by atoms with Crippen LogP contribution in [0.15, 0.2) is 6.33 Å². The number of rotatable bonds is 3. The van der Waals surface area contributed by atoms with Crippen molar-refractivity contribution in [2.45, 2.75) is 52.6 Å². The van der Waals surface area contributed by atoms with Crippen LogP contribution in [0, 0.1) is 4.77 Å². The average molecular weight is 270 g/mol. The molecule has 0 N–H and O–H groups in total. The fourth-order valence-electron chi connectivity index (χ4n) is 2.14. The predicted molar refractivity (Wildman–Crippen MR) is 73.0 cm³/mol. The van der Waals surface area contributed by atoms with Crippen molar-refractivity contribution in [2.24, 2.45) is 0 Å². The number of hydrogen-bond donors (Lipinski definition) is 0. The van der Waals surface area contributed by atoms with Crippen LogP contribution in [0.1, 0.15) is 33.7 Å². The number of hydrogen-bond acceptors (Lipinski definition) is 4. The van der Waals surface area contributed by atoms with Gasteiger partial charge in [0.25, 0.3) is 0 Å². The van der Waals surface area contributed by atoms with Crippen LogP contribution >= 0.6 is 12.2 Å². The average Bonchev–Trinajstić information content (AvgIpc) is 2.66.